The molecular formula is C16H21ClN2O2. The SMILES string of the molecule is CCOC(=O)c1cc(N)cc(Cl)c1NCC1(C2CC2)CC1. The lowest BCUT2D eigenvalue weighted by Gasteiger charge is -2.19. The summed E-state index contributed by atoms with van der Waals surface area (Å²) in [5.41, 5.74) is 7.77. The van der Waals surface area contributed by atoms with Gasteiger partial charge >= 0.3 is 5.97 Å². The molecular weight excluding hydrogens is 288 g/mol. The summed E-state index contributed by atoms with van der Waals surface area (Å²) in [6.07, 6.45) is 5.21. The maximum atomic E-state index is 12.1. The smallest absolute Gasteiger partial charge is 0.340 e. The standard InChI is InChI=1S/C16H21ClN2O2/c1-2-21-15(20)12-7-11(18)8-13(17)14(12)19-9-16(5-6-16)10-3-4-10/h7-8,10,19H,2-6,9,18H2,1H3. The molecule has 0 spiro atoms. The molecule has 4 nitrogen and oxygen atoms in total. The molecule has 0 atom stereocenters. The Morgan fingerprint density at radius 3 is 2.76 bits per heavy atom. The molecule has 0 unspecified atom stereocenters. The number of nitrogens with two attached hydrogens (primary N) is 1. The highest BCUT2D eigenvalue weighted by molar-refractivity contribution is 6.34. The van der Waals surface area contributed by atoms with Crippen molar-refractivity contribution >= 4 is 28.9 Å². The van der Waals surface area contributed by atoms with Crippen LogP contribution in [0.4, 0.5) is 11.4 Å². The summed E-state index contributed by atoms with van der Waals surface area (Å²) in [6.45, 7) is 2.98. The van der Waals surface area contributed by atoms with E-state index in [-0.39, 0.29) is 5.97 Å². The number of halogens is 1. The summed E-state index contributed by atoms with van der Waals surface area (Å²) in [5, 5.41) is 3.86. The van der Waals surface area contributed by atoms with Crippen molar-refractivity contribution in [2.75, 3.05) is 24.2 Å². The number of nitrogen functional groups attached to an aromatic ring is 1. The highest BCUT2D eigenvalue weighted by atomic mass is 35.5. The molecule has 3 N–H and O–H groups in total. The van der Waals surface area contributed by atoms with Crippen molar-refractivity contribution in [1.82, 2.24) is 0 Å². The van der Waals surface area contributed by atoms with Crippen molar-refractivity contribution in [3.05, 3.63) is 22.7 Å². The second-order valence-corrected chi connectivity index (χ2v) is 6.54. The van der Waals surface area contributed by atoms with Gasteiger partial charge in [0.05, 0.1) is 22.9 Å². The fourth-order valence-corrected chi connectivity index (χ4v) is 3.32. The Morgan fingerprint density at radius 2 is 2.19 bits per heavy atom. The van der Waals surface area contributed by atoms with Gasteiger partial charge in [-0.3, -0.25) is 0 Å². The molecule has 2 saturated carbocycles. The van der Waals surface area contributed by atoms with Gasteiger partial charge in [-0.05, 0) is 56.1 Å². The third-order valence-electron chi connectivity index (χ3n) is 4.56. The minimum absolute atomic E-state index is 0.330. The zero-order chi connectivity index (χ0) is 15.0. The Kier molecular flexibility index (Phi) is 3.74. The first-order valence-electron chi connectivity index (χ1n) is 7.56. The van der Waals surface area contributed by atoms with Gasteiger partial charge in [0.15, 0.2) is 0 Å². The van der Waals surface area contributed by atoms with Crippen LogP contribution in [0.2, 0.25) is 5.02 Å². The molecule has 0 heterocycles. The summed E-state index contributed by atoms with van der Waals surface area (Å²) in [4.78, 5) is 12.1. The summed E-state index contributed by atoms with van der Waals surface area (Å²) >= 11 is 6.27. The van der Waals surface area contributed by atoms with E-state index in [2.05, 4.69) is 5.32 Å². The Labute approximate surface area is 130 Å². The topological polar surface area (TPSA) is 64.3 Å². The number of carbonyl (C=O) groups excluding carboxylic acids is 1. The van der Waals surface area contributed by atoms with Crippen molar-refractivity contribution in [2.45, 2.75) is 32.6 Å². The number of rotatable bonds is 6. The average molecular weight is 309 g/mol. The highest BCUT2D eigenvalue weighted by Crippen LogP contribution is 2.61. The van der Waals surface area contributed by atoms with Gasteiger partial charge in [0.1, 0.15) is 0 Å². The molecule has 0 bridgehead atoms. The molecule has 2 aliphatic carbocycles. The maximum absolute atomic E-state index is 12.1. The molecule has 21 heavy (non-hydrogen) atoms. The van der Waals surface area contributed by atoms with Crippen LogP contribution >= 0.6 is 11.6 Å². The second kappa shape index (κ2) is 5.41. The molecule has 5 heteroatoms. The van der Waals surface area contributed by atoms with Gasteiger partial charge in [-0.25, -0.2) is 4.79 Å². The quantitative estimate of drug-likeness (QED) is 0.621. The van der Waals surface area contributed by atoms with E-state index >= 15 is 0 Å². The Balaban J connectivity index is 1.80. The van der Waals surface area contributed by atoms with Crippen LogP contribution in [0.3, 0.4) is 0 Å². The number of carbonyl (C=O) groups is 1. The number of nitrogens with one attached hydrogen (secondary N) is 1. The van der Waals surface area contributed by atoms with Crippen LogP contribution in [0.25, 0.3) is 0 Å². The van der Waals surface area contributed by atoms with Crippen LogP contribution in [0.5, 0.6) is 0 Å². The van der Waals surface area contributed by atoms with E-state index in [0.717, 1.165) is 12.5 Å². The first-order chi connectivity index (χ1) is 10.1. The maximum Gasteiger partial charge on any atom is 0.340 e. The molecule has 114 valence electrons. The van der Waals surface area contributed by atoms with Crippen molar-refractivity contribution in [3.8, 4) is 0 Å². The monoisotopic (exact) mass is 308 g/mol. The minimum atomic E-state index is -0.384. The van der Waals surface area contributed by atoms with Crippen LogP contribution in [0.15, 0.2) is 12.1 Å². The van der Waals surface area contributed by atoms with E-state index in [9.17, 15) is 4.79 Å². The Bertz CT molecular complexity index is 566. The molecule has 0 aliphatic heterocycles. The molecule has 2 fully saturated rings. The van der Waals surface area contributed by atoms with Gasteiger partial charge in [-0.15, -0.1) is 0 Å². The predicted octanol–water partition coefficient (Wildman–Crippen LogP) is 3.70. The lowest BCUT2D eigenvalue weighted by atomic mass is 10.0. The lowest BCUT2D eigenvalue weighted by molar-refractivity contribution is 0.0527. The van der Waals surface area contributed by atoms with E-state index in [1.165, 1.54) is 25.7 Å². The summed E-state index contributed by atoms with van der Waals surface area (Å²) in [6, 6.07) is 3.30. The first kappa shape index (κ1) is 14.5. The number of benzene rings is 1. The molecule has 0 amide bonds. The fraction of sp³-hybridized carbons (Fsp3) is 0.562. The van der Waals surface area contributed by atoms with E-state index in [4.69, 9.17) is 22.1 Å². The zero-order valence-corrected chi connectivity index (χ0v) is 13.0. The van der Waals surface area contributed by atoms with Gasteiger partial charge in [-0.1, -0.05) is 11.6 Å². The van der Waals surface area contributed by atoms with Gasteiger partial charge in [-0.2, -0.15) is 0 Å². The number of esters is 1. The van der Waals surface area contributed by atoms with Crippen LogP contribution in [0.1, 0.15) is 43.0 Å². The van der Waals surface area contributed by atoms with Gasteiger partial charge in [0, 0.05) is 12.2 Å². The summed E-state index contributed by atoms with van der Waals surface area (Å²) in [5.74, 6) is 0.467. The van der Waals surface area contributed by atoms with Gasteiger partial charge in [0.25, 0.3) is 0 Å². The van der Waals surface area contributed by atoms with Crippen LogP contribution in [-0.4, -0.2) is 19.1 Å². The van der Waals surface area contributed by atoms with E-state index in [1.54, 1.807) is 19.1 Å². The average Bonchev–Trinajstić information content (AvgIpc) is 3.29. The van der Waals surface area contributed by atoms with Crippen molar-refractivity contribution in [3.63, 3.8) is 0 Å². The molecule has 2 aliphatic rings. The third-order valence-corrected chi connectivity index (χ3v) is 4.86. The first-order valence-corrected chi connectivity index (χ1v) is 7.93. The van der Waals surface area contributed by atoms with E-state index in [1.807, 2.05) is 0 Å². The number of ether oxygens (including phenoxy) is 1. The van der Waals surface area contributed by atoms with Crippen LogP contribution in [0, 0.1) is 11.3 Å². The molecule has 0 radical (unpaired) electrons. The number of anilines is 2. The summed E-state index contributed by atoms with van der Waals surface area (Å²) < 4.78 is 5.09. The van der Waals surface area contributed by atoms with Crippen LogP contribution in [-0.2, 0) is 4.74 Å². The highest BCUT2D eigenvalue weighted by Gasteiger charge is 2.53. The molecule has 1 aromatic carbocycles. The summed E-state index contributed by atoms with van der Waals surface area (Å²) in [7, 11) is 0. The van der Waals surface area contributed by atoms with Crippen molar-refractivity contribution in [2.24, 2.45) is 11.3 Å². The molecule has 1 aromatic rings. The van der Waals surface area contributed by atoms with E-state index < -0.39 is 0 Å². The normalized spacial score (nSPS) is 19.1. The van der Waals surface area contributed by atoms with Crippen LogP contribution < -0.4 is 11.1 Å². The van der Waals surface area contributed by atoms with E-state index in [0.29, 0.717) is 34.0 Å². The fourth-order valence-electron chi connectivity index (χ4n) is 3.03. The van der Waals surface area contributed by atoms with Crippen molar-refractivity contribution in [1.29, 1.82) is 0 Å². The van der Waals surface area contributed by atoms with Gasteiger partial charge in [0.2, 0.25) is 0 Å². The number of hydrogen-bond acceptors (Lipinski definition) is 4. The third kappa shape index (κ3) is 2.95. The molecule has 0 saturated heterocycles. The zero-order valence-electron chi connectivity index (χ0n) is 12.2. The largest absolute Gasteiger partial charge is 0.462 e. The second-order valence-electron chi connectivity index (χ2n) is 6.14. The number of hydrogen-bond donors (Lipinski definition) is 2. The minimum Gasteiger partial charge on any atom is -0.462 e. The van der Waals surface area contributed by atoms with Gasteiger partial charge < -0.3 is 15.8 Å². The van der Waals surface area contributed by atoms with Crippen molar-refractivity contribution < 1.29 is 9.53 Å². The predicted molar refractivity (Wildman–Crippen MR) is 84.7 cm³/mol. The molecule has 3 rings (SSSR count). The Morgan fingerprint density at radius 1 is 1.48 bits per heavy atom. The Hall–Kier alpha value is -1.42. The molecule has 0 aromatic heterocycles. The lowest BCUT2D eigenvalue weighted by Crippen LogP contribution is -2.19.